The van der Waals surface area contributed by atoms with E-state index in [1.165, 1.54) is 5.56 Å². The van der Waals surface area contributed by atoms with Crippen molar-refractivity contribution in [2.75, 3.05) is 4.72 Å². The van der Waals surface area contributed by atoms with E-state index in [0.29, 0.717) is 5.69 Å². The molecule has 0 radical (unpaired) electrons. The molecule has 3 nitrogen and oxygen atoms in total. The van der Waals surface area contributed by atoms with Crippen molar-refractivity contribution < 1.29 is 8.76 Å². The molecule has 1 unspecified atom stereocenters. The quantitative estimate of drug-likeness (QED) is 0.859. The van der Waals surface area contributed by atoms with Crippen molar-refractivity contribution in [3.63, 3.8) is 0 Å². The monoisotopic (exact) mass is 260 g/mol. The van der Waals surface area contributed by atoms with E-state index < -0.39 is 11.3 Å². The highest BCUT2D eigenvalue weighted by atomic mass is 32.2. The average molecular weight is 260 g/mol. The zero-order valence-electron chi connectivity index (χ0n) is 10.1. The van der Waals surface area contributed by atoms with Crippen LogP contribution in [0.15, 0.2) is 48.5 Å². The predicted molar refractivity (Wildman–Crippen MR) is 73.0 cm³/mol. The summed E-state index contributed by atoms with van der Waals surface area (Å²) in [6.45, 7) is 2.02. The summed E-state index contributed by atoms with van der Waals surface area (Å²) in [6.07, 6.45) is 0.799. The number of hydrogen-bond donors (Lipinski definition) is 1. The minimum atomic E-state index is -2.28. The minimum absolute atomic E-state index is 0.597. The number of hydrogen-bond acceptors (Lipinski definition) is 2. The zero-order valence-corrected chi connectivity index (χ0v) is 10.9. The molecule has 0 saturated carbocycles. The lowest BCUT2D eigenvalue weighted by atomic mass is 10.0. The van der Waals surface area contributed by atoms with Gasteiger partial charge < -0.3 is 9.27 Å². The van der Waals surface area contributed by atoms with Crippen LogP contribution in [0.4, 0.5) is 5.69 Å². The van der Waals surface area contributed by atoms with E-state index in [1.807, 2.05) is 37.3 Å². The molecule has 2 rings (SSSR count). The summed E-state index contributed by atoms with van der Waals surface area (Å²) in [6, 6.07) is 15.7. The van der Waals surface area contributed by atoms with Crippen LogP contribution in [0.25, 0.3) is 0 Å². The molecular formula is C14H14NO2S-. The molecule has 0 spiro atoms. The first-order valence-electron chi connectivity index (χ1n) is 5.64. The van der Waals surface area contributed by atoms with E-state index in [4.69, 9.17) is 0 Å². The number of anilines is 1. The van der Waals surface area contributed by atoms with Gasteiger partial charge >= 0.3 is 0 Å². The van der Waals surface area contributed by atoms with E-state index in [9.17, 15) is 8.76 Å². The lowest BCUT2D eigenvalue weighted by molar-refractivity contribution is 0.542. The largest absolute Gasteiger partial charge is 0.755 e. The van der Waals surface area contributed by atoms with Crippen molar-refractivity contribution in [1.29, 1.82) is 0 Å². The highest BCUT2D eigenvalue weighted by Crippen LogP contribution is 2.19. The lowest BCUT2D eigenvalue weighted by Gasteiger charge is -2.12. The second-order valence-electron chi connectivity index (χ2n) is 4.14. The second-order valence-corrected chi connectivity index (χ2v) is 4.81. The van der Waals surface area contributed by atoms with Crippen molar-refractivity contribution >= 4 is 17.0 Å². The van der Waals surface area contributed by atoms with E-state index in [-0.39, 0.29) is 0 Å². The molecule has 2 aromatic rings. The Kier molecular flexibility index (Phi) is 4.12. The van der Waals surface area contributed by atoms with Gasteiger partial charge in [0.25, 0.3) is 0 Å². The number of aryl methyl sites for hydroxylation is 1. The molecule has 18 heavy (non-hydrogen) atoms. The lowest BCUT2D eigenvalue weighted by Crippen LogP contribution is -2.03. The third-order valence-corrected chi connectivity index (χ3v) is 3.19. The number of benzene rings is 2. The van der Waals surface area contributed by atoms with Crippen LogP contribution >= 0.6 is 0 Å². The smallest absolute Gasteiger partial charge is 0.0455 e. The van der Waals surface area contributed by atoms with Gasteiger partial charge in [-0.05, 0) is 42.2 Å². The van der Waals surface area contributed by atoms with Crippen LogP contribution < -0.4 is 4.72 Å². The Morgan fingerprint density at radius 3 is 2.56 bits per heavy atom. The Balaban J connectivity index is 2.24. The normalized spacial score (nSPS) is 12.1. The Hall–Kier alpha value is -1.65. The molecule has 0 saturated heterocycles. The van der Waals surface area contributed by atoms with Gasteiger partial charge in [0.2, 0.25) is 0 Å². The molecule has 0 aliphatic carbocycles. The third kappa shape index (κ3) is 3.42. The van der Waals surface area contributed by atoms with Gasteiger partial charge in [-0.25, -0.2) is 0 Å². The second kappa shape index (κ2) is 5.80. The molecule has 1 atom stereocenters. The molecule has 1 N–H and O–H groups in total. The third-order valence-electron chi connectivity index (χ3n) is 2.79. The van der Waals surface area contributed by atoms with E-state index in [0.717, 1.165) is 17.5 Å². The van der Waals surface area contributed by atoms with Gasteiger partial charge in [0.05, 0.1) is 0 Å². The van der Waals surface area contributed by atoms with Crippen LogP contribution in [0.1, 0.15) is 16.7 Å². The van der Waals surface area contributed by atoms with Crippen molar-refractivity contribution in [2.45, 2.75) is 13.3 Å². The molecule has 0 amide bonds. The standard InChI is InChI=1S/C14H15NO2S/c1-11-7-8-14(15-18(16)17)10-13(11)9-12-5-3-2-4-6-12/h2-8,10,15H,9H2,1H3,(H,16,17)/p-1. The van der Waals surface area contributed by atoms with Gasteiger partial charge in [-0.3, -0.25) is 4.21 Å². The fraction of sp³-hybridized carbons (Fsp3) is 0.143. The minimum Gasteiger partial charge on any atom is -0.755 e. The van der Waals surface area contributed by atoms with Crippen molar-refractivity contribution in [3.05, 3.63) is 65.2 Å². The molecule has 94 valence electrons. The maximum absolute atomic E-state index is 10.6. The van der Waals surface area contributed by atoms with Crippen molar-refractivity contribution in [3.8, 4) is 0 Å². The highest BCUT2D eigenvalue weighted by Gasteiger charge is 2.02. The van der Waals surface area contributed by atoms with Crippen LogP contribution in [-0.4, -0.2) is 8.76 Å². The molecule has 2 aromatic carbocycles. The van der Waals surface area contributed by atoms with Gasteiger partial charge in [0.1, 0.15) is 0 Å². The van der Waals surface area contributed by atoms with Crippen LogP contribution in [0.5, 0.6) is 0 Å². The van der Waals surface area contributed by atoms with Crippen molar-refractivity contribution in [1.82, 2.24) is 0 Å². The van der Waals surface area contributed by atoms with E-state index >= 15 is 0 Å². The van der Waals surface area contributed by atoms with Gasteiger partial charge in [-0.1, -0.05) is 36.4 Å². The Bertz CT molecular complexity index is 555. The summed E-state index contributed by atoms with van der Waals surface area (Å²) >= 11 is -2.28. The molecular weight excluding hydrogens is 246 g/mol. The van der Waals surface area contributed by atoms with E-state index in [1.54, 1.807) is 6.07 Å². The van der Waals surface area contributed by atoms with Crippen LogP contribution in [0, 0.1) is 6.92 Å². The molecule has 0 bridgehead atoms. The first-order valence-corrected chi connectivity index (χ1v) is 6.72. The maximum atomic E-state index is 10.6. The van der Waals surface area contributed by atoms with Gasteiger partial charge in [-0.2, -0.15) is 0 Å². The fourth-order valence-electron chi connectivity index (χ4n) is 1.84. The van der Waals surface area contributed by atoms with Crippen LogP contribution in [-0.2, 0) is 17.7 Å². The Morgan fingerprint density at radius 2 is 1.89 bits per heavy atom. The fourth-order valence-corrected chi connectivity index (χ4v) is 2.16. The summed E-state index contributed by atoms with van der Waals surface area (Å²) in [4.78, 5) is 0. The molecule has 0 aliphatic rings. The summed E-state index contributed by atoms with van der Waals surface area (Å²) < 4.78 is 23.6. The summed E-state index contributed by atoms with van der Waals surface area (Å²) in [5.41, 5.74) is 4.08. The topological polar surface area (TPSA) is 52.2 Å². The molecule has 0 aromatic heterocycles. The molecule has 4 heteroatoms. The first-order chi connectivity index (χ1) is 8.65. The Labute approximate surface area is 109 Å². The number of rotatable bonds is 4. The summed E-state index contributed by atoms with van der Waals surface area (Å²) in [5.74, 6) is 0. The molecule has 0 fully saturated rings. The van der Waals surface area contributed by atoms with Crippen LogP contribution in [0.3, 0.4) is 0 Å². The summed E-state index contributed by atoms with van der Waals surface area (Å²) in [7, 11) is 0. The summed E-state index contributed by atoms with van der Waals surface area (Å²) in [5, 5.41) is 0. The Morgan fingerprint density at radius 1 is 1.17 bits per heavy atom. The number of nitrogens with one attached hydrogen (secondary N) is 1. The first kappa shape index (κ1) is 12.8. The molecule has 0 aliphatic heterocycles. The zero-order chi connectivity index (χ0) is 13.0. The average Bonchev–Trinajstić information content (AvgIpc) is 2.34. The van der Waals surface area contributed by atoms with Crippen molar-refractivity contribution in [2.24, 2.45) is 0 Å². The highest BCUT2D eigenvalue weighted by molar-refractivity contribution is 7.80. The van der Waals surface area contributed by atoms with E-state index in [2.05, 4.69) is 16.9 Å². The van der Waals surface area contributed by atoms with Crippen LogP contribution in [0.2, 0.25) is 0 Å². The predicted octanol–water partition coefficient (Wildman–Crippen LogP) is 2.79. The van der Waals surface area contributed by atoms with Gasteiger partial charge in [-0.15, -0.1) is 0 Å². The SMILES string of the molecule is Cc1ccc(NS(=O)[O-])cc1Cc1ccccc1. The molecule has 0 heterocycles. The maximum Gasteiger partial charge on any atom is 0.0455 e. The van der Waals surface area contributed by atoms with Gasteiger partial charge in [0.15, 0.2) is 0 Å². The van der Waals surface area contributed by atoms with Gasteiger partial charge in [0, 0.05) is 17.0 Å².